The van der Waals surface area contributed by atoms with Crippen molar-refractivity contribution in [3.05, 3.63) is 21.5 Å². The summed E-state index contributed by atoms with van der Waals surface area (Å²) < 4.78 is 0. The molecular formula is C4H5N3O2. The summed E-state index contributed by atoms with van der Waals surface area (Å²) in [5.41, 5.74) is 4.31. The second-order valence-electron chi connectivity index (χ2n) is 1.40. The van der Waals surface area contributed by atoms with Gasteiger partial charge in [0.15, 0.2) is 6.07 Å². The van der Waals surface area contributed by atoms with E-state index in [9.17, 15) is 10.1 Å². The molecule has 0 amide bonds. The summed E-state index contributed by atoms with van der Waals surface area (Å²) in [6.07, 6.45) is 0. The molecule has 0 heterocycles. The van der Waals surface area contributed by atoms with Crippen LogP contribution in [0, 0.1) is 21.4 Å². The van der Waals surface area contributed by atoms with Crippen LogP contribution < -0.4 is 5.73 Å². The lowest BCUT2D eigenvalue weighted by Gasteiger charge is -1.86. The largest absolute Gasteiger partial charge is 0.396 e. The summed E-state index contributed by atoms with van der Waals surface area (Å²) in [6.45, 7) is 1.31. The third-order valence-corrected chi connectivity index (χ3v) is 0.662. The van der Waals surface area contributed by atoms with Crippen LogP contribution in [0.3, 0.4) is 0 Å². The maximum absolute atomic E-state index is 9.82. The van der Waals surface area contributed by atoms with Gasteiger partial charge in [0.25, 0.3) is 0 Å². The molecule has 0 radical (unpaired) electrons. The lowest BCUT2D eigenvalue weighted by Crippen LogP contribution is -2.04. The number of hydrogen-bond acceptors (Lipinski definition) is 4. The summed E-state index contributed by atoms with van der Waals surface area (Å²) in [6, 6.07) is 1.36. The van der Waals surface area contributed by atoms with E-state index in [0.717, 1.165) is 0 Å². The highest BCUT2D eigenvalue weighted by atomic mass is 16.6. The number of allylic oxidation sites excluding steroid dienone is 2. The first-order valence-electron chi connectivity index (χ1n) is 2.10. The molecular weight excluding hydrogens is 122 g/mol. The number of nitrogens with two attached hydrogens (primary N) is 1. The first-order chi connectivity index (χ1) is 4.09. The van der Waals surface area contributed by atoms with Crippen LogP contribution in [-0.4, -0.2) is 4.92 Å². The van der Waals surface area contributed by atoms with Crippen molar-refractivity contribution < 1.29 is 4.92 Å². The topological polar surface area (TPSA) is 93.0 Å². The Hall–Kier alpha value is -1.57. The molecule has 48 valence electrons. The SMILES string of the molecule is C/C(N)=C(/C#N)[N+](=O)[O-]. The minimum absolute atomic E-state index is 0.0671. The Morgan fingerprint density at radius 1 is 1.89 bits per heavy atom. The zero-order chi connectivity index (χ0) is 7.44. The predicted octanol–water partition coefficient (Wildman–Crippen LogP) is -0.0231. The fourth-order valence-electron chi connectivity index (χ4n) is 0.273. The fourth-order valence-corrected chi connectivity index (χ4v) is 0.273. The number of hydrogen-bond donors (Lipinski definition) is 1. The van der Waals surface area contributed by atoms with Crippen molar-refractivity contribution in [3.8, 4) is 6.07 Å². The molecule has 0 saturated carbocycles. The average molecular weight is 127 g/mol. The second kappa shape index (κ2) is 2.67. The summed E-state index contributed by atoms with van der Waals surface area (Å²) in [5.74, 6) is 0. The molecule has 0 aliphatic rings. The van der Waals surface area contributed by atoms with Crippen molar-refractivity contribution in [1.82, 2.24) is 0 Å². The van der Waals surface area contributed by atoms with Gasteiger partial charge < -0.3 is 5.73 Å². The van der Waals surface area contributed by atoms with Gasteiger partial charge in [0.2, 0.25) is 0 Å². The van der Waals surface area contributed by atoms with Crippen molar-refractivity contribution in [3.63, 3.8) is 0 Å². The van der Waals surface area contributed by atoms with Crippen LogP contribution in [0.1, 0.15) is 6.92 Å². The van der Waals surface area contributed by atoms with E-state index in [1.807, 2.05) is 0 Å². The molecule has 0 spiro atoms. The van der Waals surface area contributed by atoms with Gasteiger partial charge in [0, 0.05) is 0 Å². The van der Waals surface area contributed by atoms with E-state index in [0.29, 0.717) is 0 Å². The molecule has 0 atom stereocenters. The van der Waals surface area contributed by atoms with E-state index < -0.39 is 10.6 Å². The number of nitro groups is 1. The Morgan fingerprint density at radius 3 is 2.33 bits per heavy atom. The summed E-state index contributed by atoms with van der Waals surface area (Å²) in [4.78, 5) is 9.01. The molecule has 0 aromatic carbocycles. The first-order valence-corrected chi connectivity index (χ1v) is 2.10. The average Bonchev–Trinajstić information content (AvgIpc) is 1.64. The third kappa shape index (κ3) is 1.78. The molecule has 0 aliphatic heterocycles. The molecule has 0 bridgehead atoms. The van der Waals surface area contributed by atoms with Gasteiger partial charge in [-0.05, 0) is 6.92 Å². The molecule has 0 unspecified atom stereocenters. The quantitative estimate of drug-likeness (QED) is 0.304. The van der Waals surface area contributed by atoms with Crippen LogP contribution in [0.5, 0.6) is 0 Å². The molecule has 0 saturated heterocycles. The number of nitrogens with zero attached hydrogens (tertiary/aromatic N) is 2. The summed E-state index contributed by atoms with van der Waals surface area (Å²) >= 11 is 0. The summed E-state index contributed by atoms with van der Waals surface area (Å²) in [7, 11) is 0. The van der Waals surface area contributed by atoms with Crippen molar-refractivity contribution in [1.29, 1.82) is 5.26 Å². The molecule has 0 aromatic rings. The van der Waals surface area contributed by atoms with Crippen molar-refractivity contribution in [2.45, 2.75) is 6.92 Å². The standard InChI is InChI=1S/C4H5N3O2/c1-3(6)4(2-5)7(8)9/h6H2,1H3/b4-3+. The molecule has 2 N–H and O–H groups in total. The lowest BCUT2D eigenvalue weighted by molar-refractivity contribution is -0.418. The highest BCUT2D eigenvalue weighted by molar-refractivity contribution is 5.16. The zero-order valence-electron chi connectivity index (χ0n) is 4.79. The molecule has 0 fully saturated rings. The smallest absolute Gasteiger partial charge is 0.363 e. The molecule has 0 aliphatic carbocycles. The van der Waals surface area contributed by atoms with E-state index in [4.69, 9.17) is 11.0 Å². The highest BCUT2D eigenvalue weighted by Gasteiger charge is 2.10. The van der Waals surface area contributed by atoms with E-state index in [1.54, 1.807) is 0 Å². The van der Waals surface area contributed by atoms with Gasteiger partial charge in [0.05, 0.1) is 10.6 Å². The summed E-state index contributed by atoms with van der Waals surface area (Å²) in [5, 5.41) is 17.9. The van der Waals surface area contributed by atoms with Crippen LogP contribution in [0.2, 0.25) is 0 Å². The van der Waals surface area contributed by atoms with E-state index in [-0.39, 0.29) is 5.70 Å². The normalized spacial score (nSPS) is 11.6. The zero-order valence-corrected chi connectivity index (χ0v) is 4.79. The van der Waals surface area contributed by atoms with Gasteiger partial charge in [-0.15, -0.1) is 0 Å². The third-order valence-electron chi connectivity index (χ3n) is 0.662. The minimum Gasteiger partial charge on any atom is -0.396 e. The Balaban J connectivity index is 4.62. The van der Waals surface area contributed by atoms with Gasteiger partial charge in [-0.3, -0.25) is 10.1 Å². The van der Waals surface area contributed by atoms with Crippen LogP contribution in [0.25, 0.3) is 0 Å². The van der Waals surface area contributed by atoms with Gasteiger partial charge in [-0.25, -0.2) is 0 Å². The number of nitriles is 1. The predicted molar refractivity (Wildman–Crippen MR) is 29.5 cm³/mol. The maximum Gasteiger partial charge on any atom is 0.363 e. The molecule has 5 heteroatoms. The van der Waals surface area contributed by atoms with Crippen LogP contribution in [0.4, 0.5) is 0 Å². The molecule has 5 nitrogen and oxygen atoms in total. The van der Waals surface area contributed by atoms with Crippen LogP contribution in [-0.2, 0) is 0 Å². The van der Waals surface area contributed by atoms with Crippen LogP contribution in [0.15, 0.2) is 11.4 Å². The van der Waals surface area contributed by atoms with Gasteiger partial charge in [0.1, 0.15) is 0 Å². The Morgan fingerprint density at radius 2 is 2.33 bits per heavy atom. The maximum atomic E-state index is 9.82. The van der Waals surface area contributed by atoms with E-state index in [2.05, 4.69) is 0 Å². The lowest BCUT2D eigenvalue weighted by atomic mass is 10.4. The Bertz CT molecular complexity index is 196. The highest BCUT2D eigenvalue weighted by Crippen LogP contribution is 1.95. The molecule has 0 aromatic heterocycles. The monoisotopic (exact) mass is 127 g/mol. The van der Waals surface area contributed by atoms with E-state index >= 15 is 0 Å². The van der Waals surface area contributed by atoms with E-state index in [1.165, 1.54) is 13.0 Å². The van der Waals surface area contributed by atoms with Crippen molar-refractivity contribution in [2.24, 2.45) is 5.73 Å². The number of rotatable bonds is 1. The first kappa shape index (κ1) is 7.43. The fraction of sp³-hybridized carbons (Fsp3) is 0.250. The Labute approximate surface area is 51.5 Å². The minimum atomic E-state index is -0.810. The van der Waals surface area contributed by atoms with Gasteiger partial charge in [-0.1, -0.05) is 0 Å². The van der Waals surface area contributed by atoms with Crippen LogP contribution >= 0.6 is 0 Å². The molecule has 0 rings (SSSR count). The van der Waals surface area contributed by atoms with Crippen molar-refractivity contribution >= 4 is 0 Å². The van der Waals surface area contributed by atoms with Gasteiger partial charge >= 0.3 is 5.70 Å². The molecule has 9 heavy (non-hydrogen) atoms. The Kier molecular flexibility index (Phi) is 2.20. The second-order valence-corrected chi connectivity index (χ2v) is 1.40. The van der Waals surface area contributed by atoms with Crippen molar-refractivity contribution in [2.75, 3.05) is 0 Å². The van der Waals surface area contributed by atoms with Gasteiger partial charge in [-0.2, -0.15) is 5.26 Å².